The van der Waals surface area contributed by atoms with Gasteiger partial charge in [-0.15, -0.1) is 0 Å². The van der Waals surface area contributed by atoms with E-state index in [0.29, 0.717) is 45.7 Å². The Balaban J connectivity index is 1.36. The Morgan fingerprint density at radius 1 is 1.32 bits per heavy atom. The van der Waals surface area contributed by atoms with Gasteiger partial charge in [-0.1, -0.05) is 11.6 Å². The number of hydrogen-bond acceptors (Lipinski definition) is 6. The van der Waals surface area contributed by atoms with Gasteiger partial charge in [-0.3, -0.25) is 9.20 Å². The molecule has 1 aliphatic carbocycles. The number of amides is 1. The van der Waals surface area contributed by atoms with Crippen LogP contribution in [0.25, 0.3) is 16.6 Å². The second kappa shape index (κ2) is 7.30. The number of benzene rings is 2. The number of aromatic nitrogens is 3. The summed E-state index contributed by atoms with van der Waals surface area (Å²) in [5, 5.41) is 9.31. The second-order valence-electron chi connectivity index (χ2n) is 8.70. The summed E-state index contributed by atoms with van der Waals surface area (Å²) in [5.74, 6) is -0.130. The molecule has 0 bridgehead atoms. The van der Waals surface area contributed by atoms with Crippen LogP contribution in [0.3, 0.4) is 0 Å². The van der Waals surface area contributed by atoms with Gasteiger partial charge in [0.15, 0.2) is 0 Å². The Morgan fingerprint density at radius 2 is 2.15 bits per heavy atom. The first-order valence-electron chi connectivity index (χ1n) is 10.7. The molecule has 0 radical (unpaired) electrons. The Kier molecular flexibility index (Phi) is 4.44. The van der Waals surface area contributed by atoms with E-state index in [9.17, 15) is 9.18 Å². The van der Waals surface area contributed by atoms with E-state index in [-0.39, 0.29) is 40.8 Å². The molecule has 1 saturated carbocycles. The van der Waals surface area contributed by atoms with Gasteiger partial charge in [-0.2, -0.15) is 5.26 Å². The molecule has 3 atom stereocenters. The predicted molar refractivity (Wildman–Crippen MR) is 123 cm³/mol. The van der Waals surface area contributed by atoms with Gasteiger partial charge in [-0.05, 0) is 36.2 Å². The molecule has 2 aromatic carbocycles. The third kappa shape index (κ3) is 2.99. The number of ether oxygens (including phenoxy) is 1. The predicted octanol–water partition coefficient (Wildman–Crippen LogP) is 4.09. The molecule has 2 aliphatic rings. The zero-order valence-electron chi connectivity index (χ0n) is 18.0. The normalized spacial score (nSPS) is 20.7. The number of fused-ring (bicyclic) bond motifs is 4. The largest absolute Gasteiger partial charge is 0.491 e. The summed E-state index contributed by atoms with van der Waals surface area (Å²) in [6, 6.07) is 8.04. The molecule has 34 heavy (non-hydrogen) atoms. The number of nitrogens with two attached hydrogens (primary N) is 1. The minimum atomic E-state index is -0.485. The number of carbonyl (C=O) groups is 1. The third-order valence-electron chi connectivity index (χ3n) is 6.72. The molecule has 4 aromatic rings. The molecule has 1 aliphatic heterocycles. The van der Waals surface area contributed by atoms with Gasteiger partial charge in [0, 0.05) is 18.5 Å². The Hall–Kier alpha value is -3.90. The molecule has 2 N–H and O–H groups in total. The molecule has 0 unspecified atom stereocenters. The average molecular weight is 477 g/mol. The highest BCUT2D eigenvalue weighted by molar-refractivity contribution is 6.34. The van der Waals surface area contributed by atoms with Crippen molar-refractivity contribution in [2.45, 2.75) is 18.4 Å². The summed E-state index contributed by atoms with van der Waals surface area (Å²) < 4.78 is 22.4. The number of likely N-dealkylation sites (N-methyl/N-ethyl adjacent to an activating group) is 1. The van der Waals surface area contributed by atoms with E-state index in [1.54, 1.807) is 42.2 Å². The van der Waals surface area contributed by atoms with Gasteiger partial charge in [0.05, 0.1) is 52.2 Å². The minimum Gasteiger partial charge on any atom is -0.491 e. The van der Waals surface area contributed by atoms with Gasteiger partial charge in [-0.25, -0.2) is 14.4 Å². The number of hydrogen-bond donors (Lipinski definition) is 1. The number of halogens is 2. The average Bonchev–Trinajstić information content (AvgIpc) is 3.22. The molecular weight excluding hydrogens is 459 g/mol. The van der Waals surface area contributed by atoms with Crippen molar-refractivity contribution in [1.82, 2.24) is 19.3 Å². The fourth-order valence-electron chi connectivity index (χ4n) is 4.71. The van der Waals surface area contributed by atoms with Crippen molar-refractivity contribution >= 4 is 39.9 Å². The zero-order valence-corrected chi connectivity index (χ0v) is 18.8. The highest BCUT2D eigenvalue weighted by Crippen LogP contribution is 2.50. The van der Waals surface area contributed by atoms with E-state index in [1.807, 2.05) is 0 Å². The van der Waals surface area contributed by atoms with Gasteiger partial charge in [0.2, 0.25) is 0 Å². The monoisotopic (exact) mass is 476 g/mol. The van der Waals surface area contributed by atoms with Crippen molar-refractivity contribution in [3.63, 3.8) is 0 Å². The van der Waals surface area contributed by atoms with E-state index >= 15 is 0 Å². The van der Waals surface area contributed by atoms with E-state index in [4.69, 9.17) is 27.3 Å². The van der Waals surface area contributed by atoms with E-state index in [1.165, 1.54) is 11.0 Å². The smallest absolute Gasteiger partial charge is 0.255 e. The number of rotatable bonds is 3. The Morgan fingerprint density at radius 3 is 2.91 bits per heavy atom. The minimum absolute atomic E-state index is 0.101. The maximum atomic E-state index is 14.9. The molecule has 6 rings (SSSR count). The zero-order chi connectivity index (χ0) is 23.7. The first-order valence-corrected chi connectivity index (χ1v) is 11.1. The summed E-state index contributed by atoms with van der Waals surface area (Å²) in [6.45, 7) is 0.196. The maximum absolute atomic E-state index is 14.9. The molecule has 2 aromatic heterocycles. The first kappa shape index (κ1) is 20.7. The van der Waals surface area contributed by atoms with E-state index in [2.05, 4.69) is 16.0 Å². The lowest BCUT2D eigenvalue weighted by Crippen LogP contribution is -2.32. The highest BCUT2D eigenvalue weighted by Gasteiger charge is 2.42. The molecule has 10 heteroatoms. The van der Waals surface area contributed by atoms with Gasteiger partial charge in [0.1, 0.15) is 29.5 Å². The van der Waals surface area contributed by atoms with Gasteiger partial charge < -0.3 is 15.4 Å². The van der Waals surface area contributed by atoms with Crippen molar-refractivity contribution in [3.8, 4) is 11.8 Å². The van der Waals surface area contributed by atoms with Crippen LogP contribution in [-0.2, 0) is 0 Å². The number of imidazole rings is 1. The molecule has 0 spiro atoms. The lowest BCUT2D eigenvalue weighted by Gasteiger charge is -2.24. The van der Waals surface area contributed by atoms with Crippen molar-refractivity contribution < 1.29 is 13.9 Å². The van der Waals surface area contributed by atoms with Crippen LogP contribution in [0.1, 0.15) is 39.9 Å². The summed E-state index contributed by atoms with van der Waals surface area (Å²) in [6.07, 6.45) is 3.85. The summed E-state index contributed by atoms with van der Waals surface area (Å²) in [4.78, 5) is 23.5. The quantitative estimate of drug-likeness (QED) is 0.477. The van der Waals surface area contributed by atoms with Gasteiger partial charge in [0.25, 0.3) is 5.91 Å². The van der Waals surface area contributed by atoms with Crippen molar-refractivity contribution in [3.05, 3.63) is 64.3 Å². The summed E-state index contributed by atoms with van der Waals surface area (Å²) >= 11 is 6.47. The van der Waals surface area contributed by atoms with Crippen LogP contribution < -0.4 is 10.5 Å². The summed E-state index contributed by atoms with van der Waals surface area (Å²) in [7, 11) is 1.64. The van der Waals surface area contributed by atoms with Crippen LogP contribution in [0.15, 0.2) is 36.8 Å². The van der Waals surface area contributed by atoms with Crippen molar-refractivity contribution in [1.29, 1.82) is 5.26 Å². The van der Waals surface area contributed by atoms with Crippen LogP contribution in [0.2, 0.25) is 5.02 Å². The van der Waals surface area contributed by atoms with Crippen molar-refractivity contribution in [2.75, 3.05) is 19.4 Å². The SMILES string of the molecule is CN(C(=O)c1cc2c(cc1Cl)nc(N)c1cncn12)[C@@H]1COc2cc([C@@H]3C[C@H]3C#N)c(F)cc21. The number of carbonyl (C=O) groups excluding carboxylic acids is 1. The third-order valence-corrected chi connectivity index (χ3v) is 7.04. The van der Waals surface area contributed by atoms with Crippen LogP contribution >= 0.6 is 11.6 Å². The fourth-order valence-corrected chi connectivity index (χ4v) is 4.95. The Bertz CT molecular complexity index is 1560. The van der Waals surface area contributed by atoms with E-state index < -0.39 is 6.04 Å². The van der Waals surface area contributed by atoms with Crippen LogP contribution in [0.5, 0.6) is 5.75 Å². The molecular formula is C24H18ClFN6O2. The van der Waals surface area contributed by atoms with Crippen molar-refractivity contribution in [2.24, 2.45) is 5.92 Å². The van der Waals surface area contributed by atoms with Crippen LogP contribution in [0, 0.1) is 23.1 Å². The topological polar surface area (TPSA) is 110 Å². The first-order chi connectivity index (χ1) is 16.4. The molecule has 3 heterocycles. The highest BCUT2D eigenvalue weighted by atomic mass is 35.5. The molecule has 8 nitrogen and oxygen atoms in total. The lowest BCUT2D eigenvalue weighted by atomic mass is 10.0. The number of anilines is 1. The Labute approximate surface area is 198 Å². The van der Waals surface area contributed by atoms with E-state index in [0.717, 1.165) is 0 Å². The lowest BCUT2D eigenvalue weighted by molar-refractivity contribution is 0.0708. The maximum Gasteiger partial charge on any atom is 0.255 e. The number of nitrogens with zero attached hydrogens (tertiary/aromatic N) is 5. The number of nitrogen functional groups attached to an aromatic ring is 1. The van der Waals surface area contributed by atoms with Crippen LogP contribution in [0.4, 0.5) is 10.2 Å². The molecule has 0 saturated heterocycles. The molecule has 170 valence electrons. The fraction of sp³-hybridized carbons (Fsp3) is 0.250. The van der Waals surface area contributed by atoms with Gasteiger partial charge >= 0.3 is 0 Å². The second-order valence-corrected chi connectivity index (χ2v) is 9.11. The molecule has 1 fully saturated rings. The standard InChI is InChI=1S/C24H18ClFN6O2/c1-31(21-9-34-22-5-13(12-2-11(12)7-27)17(26)3-15(21)22)24(33)14-4-19-18(6-16(14)25)30-23(28)20-8-29-10-32(19)20/h3-6,8,10-12,21H,2,9H2,1H3,(H2,28,30)/t11-,12+,21+/m0/s1. The summed E-state index contributed by atoms with van der Waals surface area (Å²) in [5.41, 5.74) is 9.16. The molecule has 1 amide bonds. The van der Waals surface area contributed by atoms with Crippen LogP contribution in [-0.4, -0.2) is 38.8 Å². The number of nitriles is 1.